The van der Waals surface area contributed by atoms with Crippen molar-refractivity contribution < 1.29 is 5.11 Å². The molecule has 0 bridgehead atoms. The topological polar surface area (TPSA) is 20.2 Å². The molecule has 3 atom stereocenters. The fourth-order valence-corrected chi connectivity index (χ4v) is 4.96. The van der Waals surface area contributed by atoms with Crippen molar-refractivity contribution in [2.75, 3.05) is 12.5 Å². The molecule has 1 saturated carbocycles. The van der Waals surface area contributed by atoms with E-state index < -0.39 is 5.60 Å². The Bertz CT molecular complexity index is 486. The minimum atomic E-state index is -0.748. The number of thiophene rings is 1. The molecule has 2 rings (SSSR count). The van der Waals surface area contributed by atoms with Gasteiger partial charge in [0.15, 0.2) is 0 Å². The molecule has 0 amide bonds. The minimum absolute atomic E-state index is 0.326. The van der Waals surface area contributed by atoms with Gasteiger partial charge in [-0.05, 0) is 55.2 Å². The van der Waals surface area contributed by atoms with Crippen molar-refractivity contribution in [1.29, 1.82) is 0 Å². The largest absolute Gasteiger partial charge is 0.385 e. The van der Waals surface area contributed by atoms with Gasteiger partial charge in [0.05, 0.1) is 5.60 Å². The molecule has 1 N–H and O–H groups in total. The van der Waals surface area contributed by atoms with Gasteiger partial charge >= 0.3 is 0 Å². The van der Waals surface area contributed by atoms with Crippen LogP contribution in [-0.4, -0.2) is 23.2 Å². The quantitative estimate of drug-likeness (QED) is 0.703. The van der Waals surface area contributed by atoms with Crippen molar-refractivity contribution in [3.63, 3.8) is 0 Å². The molecule has 0 aromatic carbocycles. The molecule has 0 saturated heterocycles. The highest BCUT2D eigenvalue weighted by Gasteiger charge is 2.51. The molecule has 1 aliphatic rings. The highest BCUT2D eigenvalue weighted by Crippen LogP contribution is 2.57. The monoisotopic (exact) mass is 326 g/mol. The first-order valence-electron chi connectivity index (χ1n) is 6.71. The highest BCUT2D eigenvalue weighted by molar-refractivity contribution is 8.21. The van der Waals surface area contributed by atoms with Gasteiger partial charge in [-0.25, -0.2) is 0 Å². The van der Waals surface area contributed by atoms with Crippen LogP contribution < -0.4 is 0 Å². The zero-order chi connectivity index (χ0) is 14.8. The molecule has 3 unspecified atom stereocenters. The summed E-state index contributed by atoms with van der Waals surface area (Å²) in [6.45, 7) is 6.00. The summed E-state index contributed by atoms with van der Waals surface area (Å²) in [6, 6.07) is 4.28. The predicted molar refractivity (Wildman–Crippen MR) is 94.7 cm³/mol. The van der Waals surface area contributed by atoms with Crippen molar-refractivity contribution >= 4 is 34.9 Å². The Balaban J connectivity index is 2.20. The Labute approximate surface area is 134 Å². The van der Waals surface area contributed by atoms with E-state index in [1.54, 1.807) is 34.9 Å². The second-order valence-corrected chi connectivity index (χ2v) is 8.39. The van der Waals surface area contributed by atoms with Crippen LogP contribution in [0.2, 0.25) is 0 Å². The van der Waals surface area contributed by atoms with Crippen molar-refractivity contribution in [3.05, 3.63) is 44.9 Å². The first-order chi connectivity index (χ1) is 9.50. The van der Waals surface area contributed by atoms with Crippen LogP contribution >= 0.6 is 34.9 Å². The molecule has 1 aromatic heterocycles. The lowest BCUT2D eigenvalue weighted by atomic mass is 9.89. The smallest absolute Gasteiger partial charge is 0.0917 e. The maximum Gasteiger partial charge on any atom is 0.0917 e. The van der Waals surface area contributed by atoms with E-state index in [1.165, 1.54) is 9.11 Å². The van der Waals surface area contributed by atoms with Crippen LogP contribution in [0.1, 0.15) is 30.6 Å². The second kappa shape index (κ2) is 6.73. The van der Waals surface area contributed by atoms with Gasteiger partial charge in [0.2, 0.25) is 0 Å². The van der Waals surface area contributed by atoms with E-state index in [2.05, 4.69) is 42.7 Å². The molecule has 0 aliphatic heterocycles. The highest BCUT2D eigenvalue weighted by atomic mass is 32.2. The van der Waals surface area contributed by atoms with Crippen LogP contribution in [0.5, 0.6) is 0 Å². The Morgan fingerprint density at radius 3 is 2.75 bits per heavy atom. The van der Waals surface area contributed by atoms with E-state index in [0.717, 1.165) is 12.0 Å². The van der Waals surface area contributed by atoms with Gasteiger partial charge in [0.25, 0.3) is 0 Å². The number of hydrogen-bond donors (Lipinski definition) is 1. The third-order valence-corrected chi connectivity index (χ3v) is 6.74. The van der Waals surface area contributed by atoms with E-state index >= 15 is 0 Å². The molecule has 110 valence electrons. The summed E-state index contributed by atoms with van der Waals surface area (Å²) in [7, 11) is 0. The van der Waals surface area contributed by atoms with Gasteiger partial charge in [-0.2, -0.15) is 0 Å². The van der Waals surface area contributed by atoms with Crippen LogP contribution in [0, 0.1) is 5.92 Å². The van der Waals surface area contributed by atoms with Crippen molar-refractivity contribution in [2.45, 2.75) is 31.3 Å². The van der Waals surface area contributed by atoms with Gasteiger partial charge in [-0.1, -0.05) is 11.6 Å². The summed E-state index contributed by atoms with van der Waals surface area (Å²) in [6.07, 6.45) is 7.93. The van der Waals surface area contributed by atoms with E-state index in [0.29, 0.717) is 18.3 Å². The molecule has 0 radical (unpaired) electrons. The first kappa shape index (κ1) is 16.2. The summed E-state index contributed by atoms with van der Waals surface area (Å²) in [4.78, 5) is 1.40. The van der Waals surface area contributed by atoms with Crippen LogP contribution in [-0.2, 0) is 0 Å². The SMILES string of the molecule is C=C(C)CC(O)(C=C(SC)SC)C1CC1c1cccs1. The predicted octanol–water partition coefficient (Wildman–Crippen LogP) is 5.12. The normalized spacial score (nSPS) is 24.0. The summed E-state index contributed by atoms with van der Waals surface area (Å²) in [5.74, 6) is 0.840. The van der Waals surface area contributed by atoms with Gasteiger partial charge < -0.3 is 5.11 Å². The lowest BCUT2D eigenvalue weighted by molar-refractivity contribution is 0.0659. The molecule has 1 fully saturated rings. The standard InChI is InChI=1S/C16H22OS3/c1-11(2)9-16(17,10-15(18-3)19-4)13-8-12(13)14-6-5-7-20-14/h5-7,10,12-13,17H,1,8-9H2,2-4H3. The van der Waals surface area contributed by atoms with Gasteiger partial charge in [0.1, 0.15) is 0 Å². The Morgan fingerprint density at radius 1 is 1.55 bits per heavy atom. The number of thioether (sulfide) groups is 2. The van der Waals surface area contributed by atoms with Gasteiger partial charge in [-0.3, -0.25) is 0 Å². The fraction of sp³-hybridized carbons (Fsp3) is 0.500. The number of hydrogen-bond acceptors (Lipinski definition) is 4. The Hall–Kier alpha value is -0.160. The number of aliphatic hydroxyl groups is 1. The van der Waals surface area contributed by atoms with E-state index in [9.17, 15) is 5.11 Å². The molecule has 1 aromatic rings. The summed E-state index contributed by atoms with van der Waals surface area (Å²) in [5.41, 5.74) is 0.295. The molecular formula is C16H22OS3. The van der Waals surface area contributed by atoms with Crippen LogP contribution in [0.4, 0.5) is 0 Å². The molecule has 1 nitrogen and oxygen atoms in total. The molecule has 1 heterocycles. The fourth-order valence-electron chi connectivity index (χ4n) is 2.74. The van der Waals surface area contributed by atoms with Crippen LogP contribution in [0.15, 0.2) is 40.0 Å². The van der Waals surface area contributed by atoms with Crippen LogP contribution in [0.3, 0.4) is 0 Å². The summed E-state index contributed by atoms with van der Waals surface area (Å²) < 4.78 is 1.19. The Kier molecular flexibility index (Phi) is 5.46. The molecular weight excluding hydrogens is 304 g/mol. The lowest BCUT2D eigenvalue weighted by Crippen LogP contribution is -2.30. The summed E-state index contributed by atoms with van der Waals surface area (Å²) in [5, 5.41) is 13.3. The molecule has 4 heteroatoms. The summed E-state index contributed by atoms with van der Waals surface area (Å²) >= 11 is 5.21. The number of rotatable bonds is 7. The van der Waals surface area contributed by atoms with Crippen molar-refractivity contribution in [1.82, 2.24) is 0 Å². The lowest BCUT2D eigenvalue weighted by Gasteiger charge is -2.26. The van der Waals surface area contributed by atoms with Crippen molar-refractivity contribution in [2.24, 2.45) is 5.92 Å². The molecule has 1 aliphatic carbocycles. The van der Waals surface area contributed by atoms with Crippen LogP contribution in [0.25, 0.3) is 0 Å². The van der Waals surface area contributed by atoms with Crippen molar-refractivity contribution in [3.8, 4) is 0 Å². The molecule has 0 spiro atoms. The Morgan fingerprint density at radius 2 is 2.25 bits per heavy atom. The average molecular weight is 327 g/mol. The third kappa shape index (κ3) is 3.73. The molecule has 20 heavy (non-hydrogen) atoms. The average Bonchev–Trinajstić information content (AvgIpc) is 3.03. The third-order valence-electron chi connectivity index (χ3n) is 3.70. The zero-order valence-corrected chi connectivity index (χ0v) is 14.7. The van der Waals surface area contributed by atoms with E-state index in [1.807, 2.05) is 6.92 Å². The van der Waals surface area contributed by atoms with Gasteiger partial charge in [-0.15, -0.1) is 41.4 Å². The maximum absolute atomic E-state index is 11.2. The minimum Gasteiger partial charge on any atom is -0.385 e. The van der Waals surface area contributed by atoms with Gasteiger partial charge in [0, 0.05) is 15.5 Å². The van der Waals surface area contributed by atoms with E-state index in [-0.39, 0.29) is 0 Å². The zero-order valence-electron chi connectivity index (χ0n) is 12.3. The second-order valence-electron chi connectivity index (χ2n) is 5.46. The van der Waals surface area contributed by atoms with E-state index in [4.69, 9.17) is 0 Å². The first-order valence-corrected chi connectivity index (χ1v) is 10.0. The maximum atomic E-state index is 11.2.